The van der Waals surface area contributed by atoms with Gasteiger partial charge in [0.1, 0.15) is 6.04 Å². The van der Waals surface area contributed by atoms with E-state index < -0.39 is 0 Å². The van der Waals surface area contributed by atoms with Crippen LogP contribution in [0.25, 0.3) is 0 Å². The fourth-order valence-corrected chi connectivity index (χ4v) is 4.30. The van der Waals surface area contributed by atoms with Crippen molar-refractivity contribution in [2.45, 2.75) is 24.4 Å². The summed E-state index contributed by atoms with van der Waals surface area (Å²) < 4.78 is 0. The number of hydrogen-bond acceptors (Lipinski definition) is 3. The van der Waals surface area contributed by atoms with Gasteiger partial charge in [0.05, 0.1) is 0 Å². The second kappa shape index (κ2) is 4.52. The van der Waals surface area contributed by atoms with Crippen LogP contribution in [0.5, 0.6) is 0 Å². The molecule has 3 fully saturated rings. The third-order valence-corrected chi connectivity index (χ3v) is 5.44. The van der Waals surface area contributed by atoms with Gasteiger partial charge in [-0.3, -0.25) is 9.69 Å². The molecule has 2 saturated heterocycles. The molecule has 4 rings (SSSR count). The van der Waals surface area contributed by atoms with E-state index in [9.17, 15) is 9.59 Å². The molecule has 104 valence electrons. The van der Waals surface area contributed by atoms with E-state index in [2.05, 4.69) is 12.1 Å². The predicted octanol–water partition coefficient (Wildman–Crippen LogP) is 1.92. The van der Waals surface area contributed by atoms with Crippen molar-refractivity contribution >= 4 is 23.7 Å². The molecule has 0 spiro atoms. The summed E-state index contributed by atoms with van der Waals surface area (Å²) in [5.74, 6) is 2.05. The number of carbonyl (C=O) groups is 2. The SMILES string of the molecule is O=C1C2CSCCN2C(=O)N1C1CC1c1ccccc1. The number of imide groups is 1. The van der Waals surface area contributed by atoms with Crippen molar-refractivity contribution in [3.05, 3.63) is 35.9 Å². The van der Waals surface area contributed by atoms with Crippen molar-refractivity contribution < 1.29 is 9.59 Å². The summed E-state index contributed by atoms with van der Waals surface area (Å²) in [4.78, 5) is 28.2. The summed E-state index contributed by atoms with van der Waals surface area (Å²) in [7, 11) is 0. The van der Waals surface area contributed by atoms with Crippen molar-refractivity contribution in [3.63, 3.8) is 0 Å². The van der Waals surface area contributed by atoms with Crippen LogP contribution in [0.3, 0.4) is 0 Å². The first kappa shape index (κ1) is 12.3. The fraction of sp³-hybridized carbons (Fsp3) is 0.467. The minimum absolute atomic E-state index is 0.0191. The number of nitrogens with zero attached hydrogens (tertiary/aromatic N) is 2. The highest BCUT2D eigenvalue weighted by molar-refractivity contribution is 7.99. The quantitative estimate of drug-likeness (QED) is 0.781. The predicted molar refractivity (Wildman–Crippen MR) is 77.6 cm³/mol. The largest absolute Gasteiger partial charge is 0.327 e. The zero-order valence-electron chi connectivity index (χ0n) is 11.1. The number of hydrogen-bond donors (Lipinski definition) is 0. The number of thioether (sulfide) groups is 1. The molecule has 1 aromatic carbocycles. The first-order chi connectivity index (χ1) is 9.77. The van der Waals surface area contributed by atoms with Crippen LogP contribution in [0.15, 0.2) is 30.3 Å². The number of fused-ring (bicyclic) bond motifs is 1. The molecule has 0 N–H and O–H groups in total. The summed E-state index contributed by atoms with van der Waals surface area (Å²) in [6, 6.07) is 9.98. The van der Waals surface area contributed by atoms with Crippen molar-refractivity contribution in [1.82, 2.24) is 9.80 Å². The minimum atomic E-state index is -0.210. The smallest absolute Gasteiger partial charge is 0.311 e. The van der Waals surface area contributed by atoms with Crippen LogP contribution in [0, 0.1) is 0 Å². The van der Waals surface area contributed by atoms with Crippen LogP contribution in [-0.2, 0) is 4.79 Å². The number of benzene rings is 1. The van der Waals surface area contributed by atoms with Gasteiger partial charge in [0, 0.05) is 30.0 Å². The van der Waals surface area contributed by atoms with Crippen molar-refractivity contribution in [1.29, 1.82) is 0 Å². The number of rotatable bonds is 2. The Morgan fingerprint density at radius 2 is 1.95 bits per heavy atom. The molecule has 3 atom stereocenters. The number of carbonyl (C=O) groups excluding carboxylic acids is 2. The molecule has 3 aliphatic rings. The van der Waals surface area contributed by atoms with Crippen LogP contribution in [-0.4, -0.2) is 51.9 Å². The van der Waals surface area contributed by atoms with Gasteiger partial charge in [-0.15, -0.1) is 0 Å². The average Bonchev–Trinajstić information content (AvgIpc) is 3.24. The monoisotopic (exact) mass is 288 g/mol. The van der Waals surface area contributed by atoms with Gasteiger partial charge < -0.3 is 4.90 Å². The van der Waals surface area contributed by atoms with E-state index in [1.54, 1.807) is 16.7 Å². The van der Waals surface area contributed by atoms with Gasteiger partial charge >= 0.3 is 6.03 Å². The third kappa shape index (κ3) is 1.76. The number of amides is 3. The lowest BCUT2D eigenvalue weighted by atomic mass is 10.1. The van der Waals surface area contributed by atoms with Gasteiger partial charge in [-0.2, -0.15) is 11.8 Å². The molecule has 5 heteroatoms. The summed E-state index contributed by atoms with van der Waals surface area (Å²) in [6.07, 6.45) is 0.912. The zero-order chi connectivity index (χ0) is 13.7. The summed E-state index contributed by atoms with van der Waals surface area (Å²) in [6.45, 7) is 0.707. The van der Waals surface area contributed by atoms with Crippen molar-refractivity contribution in [2.75, 3.05) is 18.1 Å². The average molecular weight is 288 g/mol. The Morgan fingerprint density at radius 1 is 1.15 bits per heavy atom. The molecule has 0 radical (unpaired) electrons. The third-order valence-electron chi connectivity index (χ3n) is 4.42. The molecular weight excluding hydrogens is 272 g/mol. The van der Waals surface area contributed by atoms with Gasteiger partial charge in [-0.1, -0.05) is 30.3 Å². The Hall–Kier alpha value is -1.49. The molecule has 0 aromatic heterocycles. The molecule has 3 amide bonds. The highest BCUT2D eigenvalue weighted by atomic mass is 32.2. The highest BCUT2D eigenvalue weighted by Gasteiger charge is 2.55. The zero-order valence-corrected chi connectivity index (χ0v) is 11.9. The lowest BCUT2D eigenvalue weighted by molar-refractivity contribution is -0.128. The Morgan fingerprint density at radius 3 is 2.70 bits per heavy atom. The van der Waals surface area contributed by atoms with E-state index in [1.807, 2.05) is 18.2 Å². The molecular formula is C15H16N2O2S. The maximum absolute atomic E-state index is 12.5. The van der Waals surface area contributed by atoms with Gasteiger partial charge in [-0.05, 0) is 12.0 Å². The Bertz CT molecular complexity index is 538. The van der Waals surface area contributed by atoms with Gasteiger partial charge in [0.15, 0.2) is 0 Å². The molecule has 4 nitrogen and oxygen atoms in total. The normalized spacial score (nSPS) is 32.5. The summed E-state index contributed by atoms with van der Waals surface area (Å²) in [5, 5.41) is 0. The van der Waals surface area contributed by atoms with Crippen molar-refractivity contribution in [2.24, 2.45) is 0 Å². The Labute approximate surface area is 122 Å². The summed E-state index contributed by atoms with van der Waals surface area (Å²) >= 11 is 1.77. The van der Waals surface area contributed by atoms with Crippen LogP contribution in [0.1, 0.15) is 17.9 Å². The molecule has 0 bridgehead atoms. The van der Waals surface area contributed by atoms with Crippen molar-refractivity contribution in [3.8, 4) is 0 Å². The van der Waals surface area contributed by atoms with Gasteiger partial charge in [0.2, 0.25) is 0 Å². The molecule has 1 saturated carbocycles. The molecule has 20 heavy (non-hydrogen) atoms. The first-order valence-corrected chi connectivity index (χ1v) is 8.19. The Balaban J connectivity index is 1.55. The van der Waals surface area contributed by atoms with E-state index in [0.717, 1.165) is 17.9 Å². The fourth-order valence-electron chi connectivity index (χ4n) is 3.26. The van der Waals surface area contributed by atoms with Crippen LogP contribution < -0.4 is 0 Å². The summed E-state index contributed by atoms with van der Waals surface area (Å²) in [5.41, 5.74) is 1.23. The lowest BCUT2D eigenvalue weighted by Gasteiger charge is -2.25. The maximum Gasteiger partial charge on any atom is 0.327 e. The minimum Gasteiger partial charge on any atom is -0.311 e. The highest BCUT2D eigenvalue weighted by Crippen LogP contribution is 2.47. The molecule has 1 aliphatic carbocycles. The first-order valence-electron chi connectivity index (χ1n) is 7.04. The molecule has 2 heterocycles. The van der Waals surface area contributed by atoms with Crippen LogP contribution >= 0.6 is 11.8 Å². The van der Waals surface area contributed by atoms with Crippen LogP contribution in [0.4, 0.5) is 4.79 Å². The van der Waals surface area contributed by atoms with E-state index in [4.69, 9.17) is 0 Å². The molecule has 3 unspecified atom stereocenters. The van der Waals surface area contributed by atoms with E-state index >= 15 is 0 Å². The van der Waals surface area contributed by atoms with Gasteiger partial charge in [0.25, 0.3) is 5.91 Å². The maximum atomic E-state index is 12.5. The molecule has 1 aromatic rings. The standard InChI is InChI=1S/C15H16N2O2S/c18-14-13-9-20-7-6-16(13)15(19)17(14)12-8-11(12)10-4-2-1-3-5-10/h1-5,11-13H,6-9H2. The number of urea groups is 1. The topological polar surface area (TPSA) is 40.6 Å². The lowest BCUT2D eigenvalue weighted by Crippen LogP contribution is -2.41. The van der Waals surface area contributed by atoms with Crippen LogP contribution in [0.2, 0.25) is 0 Å². The van der Waals surface area contributed by atoms with Gasteiger partial charge in [-0.25, -0.2) is 4.79 Å². The molecule has 2 aliphatic heterocycles. The van der Waals surface area contributed by atoms with E-state index in [-0.39, 0.29) is 24.0 Å². The van der Waals surface area contributed by atoms with E-state index in [0.29, 0.717) is 12.5 Å². The Kier molecular flexibility index (Phi) is 2.77. The second-order valence-electron chi connectivity index (χ2n) is 5.60. The van der Waals surface area contributed by atoms with E-state index in [1.165, 1.54) is 10.5 Å². The second-order valence-corrected chi connectivity index (χ2v) is 6.74.